The standard InChI is InChI=1S/C22H18FN5O/c23-22(7-1-2-8-22)14-28-12-17(11-25-28)19-6-5-18(10-24)26-21(19)15-3-4-16-13-29-27-20(16)9-15/h3-6,9,11-13H,1-2,7-8,14H2. The second kappa shape index (κ2) is 6.82. The Labute approximate surface area is 166 Å². The maximum atomic E-state index is 14.8. The monoisotopic (exact) mass is 387 g/mol. The molecular weight excluding hydrogens is 369 g/mol. The molecule has 0 saturated heterocycles. The lowest BCUT2D eigenvalue weighted by atomic mass is 10.0. The predicted octanol–water partition coefficient (Wildman–Crippen LogP) is 4.91. The molecule has 1 saturated carbocycles. The highest BCUT2D eigenvalue weighted by Crippen LogP contribution is 2.36. The number of benzene rings is 1. The normalized spacial score (nSPS) is 15.6. The molecule has 5 rings (SSSR count). The van der Waals surface area contributed by atoms with Gasteiger partial charge in [0.25, 0.3) is 0 Å². The van der Waals surface area contributed by atoms with E-state index < -0.39 is 5.67 Å². The number of nitrogens with zero attached hydrogens (tertiary/aromatic N) is 5. The van der Waals surface area contributed by atoms with E-state index in [0.717, 1.165) is 34.9 Å². The van der Waals surface area contributed by atoms with Crippen molar-refractivity contribution in [2.24, 2.45) is 0 Å². The van der Waals surface area contributed by atoms with Crippen LogP contribution in [0.5, 0.6) is 0 Å². The Hall–Kier alpha value is -3.53. The molecule has 144 valence electrons. The fraction of sp³-hybridized carbons (Fsp3) is 0.273. The van der Waals surface area contributed by atoms with Gasteiger partial charge in [-0.1, -0.05) is 24.1 Å². The molecule has 29 heavy (non-hydrogen) atoms. The zero-order chi connectivity index (χ0) is 19.8. The summed E-state index contributed by atoms with van der Waals surface area (Å²) in [6.45, 7) is 0.261. The van der Waals surface area contributed by atoms with Crippen molar-refractivity contribution >= 4 is 10.9 Å². The van der Waals surface area contributed by atoms with Gasteiger partial charge >= 0.3 is 0 Å². The second-order valence-corrected chi connectivity index (χ2v) is 7.58. The second-order valence-electron chi connectivity index (χ2n) is 7.58. The van der Waals surface area contributed by atoms with Gasteiger partial charge in [-0.3, -0.25) is 4.68 Å². The summed E-state index contributed by atoms with van der Waals surface area (Å²) in [5, 5.41) is 18.6. The topological polar surface area (TPSA) is 80.5 Å². The third kappa shape index (κ3) is 3.27. The summed E-state index contributed by atoms with van der Waals surface area (Å²) in [5.74, 6) is 0. The van der Waals surface area contributed by atoms with Gasteiger partial charge in [0, 0.05) is 28.3 Å². The van der Waals surface area contributed by atoms with Crippen LogP contribution in [-0.2, 0) is 6.54 Å². The minimum absolute atomic E-state index is 0.261. The van der Waals surface area contributed by atoms with Gasteiger partial charge in [-0.15, -0.1) is 0 Å². The summed E-state index contributed by atoms with van der Waals surface area (Å²) in [5.41, 5.74) is 3.01. The average Bonchev–Trinajstić information content (AvgIpc) is 3.48. The Balaban J connectivity index is 1.56. The van der Waals surface area contributed by atoms with Crippen LogP contribution >= 0.6 is 0 Å². The van der Waals surface area contributed by atoms with E-state index >= 15 is 0 Å². The molecule has 3 heterocycles. The summed E-state index contributed by atoms with van der Waals surface area (Å²) in [4.78, 5) is 4.52. The number of aromatic nitrogens is 4. The molecule has 0 radical (unpaired) electrons. The van der Waals surface area contributed by atoms with Crippen molar-refractivity contribution in [1.29, 1.82) is 5.26 Å². The lowest BCUT2D eigenvalue weighted by molar-refractivity contribution is 0.139. The molecule has 1 aliphatic carbocycles. The van der Waals surface area contributed by atoms with Crippen LogP contribution in [0.15, 0.2) is 53.5 Å². The molecule has 1 aliphatic rings. The van der Waals surface area contributed by atoms with Gasteiger partial charge in [-0.25, -0.2) is 9.37 Å². The molecule has 0 amide bonds. The number of hydrogen-bond donors (Lipinski definition) is 0. The smallest absolute Gasteiger partial charge is 0.141 e. The third-order valence-corrected chi connectivity index (χ3v) is 5.53. The van der Waals surface area contributed by atoms with Crippen molar-refractivity contribution in [2.45, 2.75) is 37.9 Å². The molecular formula is C22H18FN5O. The van der Waals surface area contributed by atoms with Gasteiger partial charge in [-0.2, -0.15) is 10.4 Å². The molecule has 7 heteroatoms. The zero-order valence-electron chi connectivity index (χ0n) is 15.7. The predicted molar refractivity (Wildman–Crippen MR) is 105 cm³/mol. The van der Waals surface area contributed by atoms with E-state index in [-0.39, 0.29) is 6.54 Å². The molecule has 0 atom stereocenters. The summed E-state index contributed by atoms with van der Waals surface area (Å²) in [6.07, 6.45) is 8.18. The Morgan fingerprint density at radius 3 is 2.86 bits per heavy atom. The van der Waals surface area contributed by atoms with Crippen LogP contribution < -0.4 is 0 Å². The van der Waals surface area contributed by atoms with E-state index in [9.17, 15) is 9.65 Å². The van der Waals surface area contributed by atoms with Crippen molar-refractivity contribution in [3.63, 3.8) is 0 Å². The Morgan fingerprint density at radius 1 is 1.17 bits per heavy atom. The van der Waals surface area contributed by atoms with Crippen LogP contribution in [0.1, 0.15) is 31.4 Å². The maximum Gasteiger partial charge on any atom is 0.141 e. The Bertz CT molecular complexity index is 1230. The van der Waals surface area contributed by atoms with Gasteiger partial charge in [0.2, 0.25) is 0 Å². The highest BCUT2D eigenvalue weighted by molar-refractivity contribution is 5.87. The van der Waals surface area contributed by atoms with Gasteiger partial charge in [0.15, 0.2) is 0 Å². The molecule has 0 unspecified atom stereocenters. The van der Waals surface area contributed by atoms with E-state index in [4.69, 9.17) is 4.52 Å². The number of hydrogen-bond acceptors (Lipinski definition) is 5. The molecule has 0 bridgehead atoms. The molecule has 4 aromatic rings. The van der Waals surface area contributed by atoms with Crippen LogP contribution in [0.3, 0.4) is 0 Å². The van der Waals surface area contributed by atoms with Crippen LogP contribution in [0.4, 0.5) is 4.39 Å². The lowest BCUT2D eigenvalue weighted by Crippen LogP contribution is -2.25. The highest BCUT2D eigenvalue weighted by Gasteiger charge is 2.34. The highest BCUT2D eigenvalue weighted by atomic mass is 19.1. The molecule has 1 fully saturated rings. The zero-order valence-corrected chi connectivity index (χ0v) is 15.7. The van der Waals surface area contributed by atoms with Gasteiger partial charge in [-0.05, 0) is 37.1 Å². The SMILES string of the molecule is N#Cc1ccc(-c2cnn(CC3(F)CCCC3)c2)c(-c2ccc3conc3c2)n1. The van der Waals surface area contributed by atoms with Gasteiger partial charge in [0.05, 0.1) is 18.4 Å². The summed E-state index contributed by atoms with van der Waals surface area (Å²) in [7, 11) is 0. The van der Waals surface area contributed by atoms with Crippen molar-refractivity contribution in [3.8, 4) is 28.5 Å². The van der Waals surface area contributed by atoms with Crippen LogP contribution in [0.25, 0.3) is 33.3 Å². The first kappa shape index (κ1) is 17.6. The summed E-state index contributed by atoms with van der Waals surface area (Å²) >= 11 is 0. The number of alkyl halides is 1. The van der Waals surface area contributed by atoms with E-state index in [0.29, 0.717) is 29.7 Å². The minimum Gasteiger partial charge on any atom is -0.364 e. The van der Waals surface area contributed by atoms with Gasteiger partial charge < -0.3 is 4.52 Å². The number of rotatable bonds is 4. The molecule has 3 aromatic heterocycles. The fourth-order valence-electron chi connectivity index (χ4n) is 4.03. The molecule has 0 spiro atoms. The quantitative estimate of drug-likeness (QED) is 0.497. The maximum absolute atomic E-state index is 14.8. The van der Waals surface area contributed by atoms with Gasteiger partial charge in [0.1, 0.15) is 29.2 Å². The number of halogens is 1. The lowest BCUT2D eigenvalue weighted by Gasteiger charge is -2.18. The van der Waals surface area contributed by atoms with Crippen molar-refractivity contribution in [1.82, 2.24) is 19.9 Å². The van der Waals surface area contributed by atoms with Crippen molar-refractivity contribution in [3.05, 3.63) is 54.7 Å². The van der Waals surface area contributed by atoms with Crippen molar-refractivity contribution in [2.75, 3.05) is 0 Å². The number of pyridine rings is 1. The van der Waals surface area contributed by atoms with Crippen LogP contribution in [0.2, 0.25) is 0 Å². The average molecular weight is 387 g/mol. The Kier molecular flexibility index (Phi) is 4.13. The summed E-state index contributed by atoms with van der Waals surface area (Å²) < 4.78 is 21.5. The van der Waals surface area contributed by atoms with Crippen LogP contribution in [0, 0.1) is 11.3 Å². The molecule has 6 nitrogen and oxygen atoms in total. The number of nitriles is 1. The first-order chi connectivity index (χ1) is 14.1. The Morgan fingerprint density at radius 2 is 2.03 bits per heavy atom. The molecule has 1 aromatic carbocycles. The first-order valence-corrected chi connectivity index (χ1v) is 9.61. The van der Waals surface area contributed by atoms with E-state index in [2.05, 4.69) is 21.3 Å². The van der Waals surface area contributed by atoms with Crippen LogP contribution in [-0.4, -0.2) is 25.6 Å². The minimum atomic E-state index is -1.17. The molecule has 0 aliphatic heterocycles. The van der Waals surface area contributed by atoms with E-state index in [1.165, 1.54) is 0 Å². The number of fused-ring (bicyclic) bond motifs is 1. The van der Waals surface area contributed by atoms with E-state index in [1.54, 1.807) is 23.2 Å². The first-order valence-electron chi connectivity index (χ1n) is 9.61. The summed E-state index contributed by atoms with van der Waals surface area (Å²) in [6, 6.07) is 11.3. The molecule has 0 N–H and O–H groups in total. The fourth-order valence-corrected chi connectivity index (χ4v) is 4.03. The largest absolute Gasteiger partial charge is 0.364 e. The third-order valence-electron chi connectivity index (χ3n) is 5.53. The van der Waals surface area contributed by atoms with Crippen molar-refractivity contribution < 1.29 is 8.91 Å². The van der Waals surface area contributed by atoms with E-state index in [1.807, 2.05) is 30.5 Å².